The van der Waals surface area contributed by atoms with Crippen molar-refractivity contribution in [2.45, 2.75) is 24.9 Å². The van der Waals surface area contributed by atoms with Crippen molar-refractivity contribution >= 4 is 34.4 Å². The van der Waals surface area contributed by atoms with Crippen LogP contribution in [0.15, 0.2) is 97.1 Å². The molecular formula is C35H29FN4O4. The highest BCUT2D eigenvalue weighted by molar-refractivity contribution is 6.22. The molecule has 7 rings (SSSR count). The number of urea groups is 1. The van der Waals surface area contributed by atoms with Crippen LogP contribution in [0.2, 0.25) is 0 Å². The molecule has 0 saturated carbocycles. The third kappa shape index (κ3) is 4.57. The van der Waals surface area contributed by atoms with Gasteiger partial charge in [0.05, 0.1) is 12.8 Å². The SMILES string of the molecule is COc1cccc([C@@H]2c3[nH]c4ccccc4c3C[C@H]3C(=O)N(c4ccc(C(=O)NCCc5ccccc5F)cc4)C(=O)N23)c1. The van der Waals surface area contributed by atoms with E-state index < -0.39 is 18.1 Å². The lowest BCUT2D eigenvalue weighted by Gasteiger charge is -2.36. The molecule has 0 bridgehead atoms. The van der Waals surface area contributed by atoms with Gasteiger partial charge in [0.2, 0.25) is 0 Å². The summed E-state index contributed by atoms with van der Waals surface area (Å²) >= 11 is 0. The Bertz CT molecular complexity index is 1920. The number of H-pyrrole nitrogens is 1. The van der Waals surface area contributed by atoms with Crippen LogP contribution in [0, 0.1) is 5.82 Å². The minimum absolute atomic E-state index is 0.266. The van der Waals surface area contributed by atoms with Crippen LogP contribution in [0.3, 0.4) is 0 Å². The van der Waals surface area contributed by atoms with Crippen LogP contribution in [0.25, 0.3) is 10.9 Å². The molecule has 0 unspecified atom stereocenters. The number of anilines is 1. The number of ether oxygens (including phenoxy) is 1. The topological polar surface area (TPSA) is 94.7 Å². The number of amides is 4. The molecule has 2 atom stereocenters. The van der Waals surface area contributed by atoms with E-state index in [2.05, 4.69) is 10.3 Å². The van der Waals surface area contributed by atoms with E-state index in [1.165, 1.54) is 11.0 Å². The van der Waals surface area contributed by atoms with E-state index >= 15 is 0 Å². The fourth-order valence-electron chi connectivity index (χ4n) is 6.35. The highest BCUT2D eigenvalue weighted by atomic mass is 19.1. The van der Waals surface area contributed by atoms with Crippen molar-refractivity contribution in [2.24, 2.45) is 0 Å². The molecule has 1 fully saturated rings. The van der Waals surface area contributed by atoms with Crippen LogP contribution in [-0.2, 0) is 17.6 Å². The van der Waals surface area contributed by atoms with E-state index in [0.29, 0.717) is 35.4 Å². The summed E-state index contributed by atoms with van der Waals surface area (Å²) in [6.45, 7) is 0.266. The minimum atomic E-state index is -0.702. The molecule has 4 amide bonds. The number of aromatic nitrogens is 1. The number of rotatable bonds is 7. The van der Waals surface area contributed by atoms with Crippen molar-refractivity contribution in [1.29, 1.82) is 0 Å². The van der Waals surface area contributed by atoms with Gasteiger partial charge in [-0.05, 0) is 71.6 Å². The third-order valence-electron chi connectivity index (χ3n) is 8.48. The van der Waals surface area contributed by atoms with E-state index in [4.69, 9.17) is 4.74 Å². The third-order valence-corrected chi connectivity index (χ3v) is 8.48. The number of carbonyl (C=O) groups is 3. The molecule has 1 aromatic heterocycles. The number of aromatic amines is 1. The fourth-order valence-corrected chi connectivity index (χ4v) is 6.35. The zero-order valence-electron chi connectivity index (χ0n) is 23.9. The Labute approximate surface area is 253 Å². The monoisotopic (exact) mass is 588 g/mol. The second-order valence-corrected chi connectivity index (χ2v) is 11.0. The van der Waals surface area contributed by atoms with E-state index in [1.54, 1.807) is 54.5 Å². The van der Waals surface area contributed by atoms with Gasteiger partial charge >= 0.3 is 6.03 Å². The Hall–Kier alpha value is -5.44. The second-order valence-electron chi connectivity index (χ2n) is 11.0. The van der Waals surface area contributed by atoms with Gasteiger partial charge in [0.1, 0.15) is 23.7 Å². The number of hydrogen-bond donors (Lipinski definition) is 2. The standard InChI is InChI=1S/C35H29FN4O4/c1-44-25-9-6-8-23(19-25)32-31-27(26-10-3-5-12-29(26)38-31)20-30-34(42)39(35(43)40(30)32)24-15-13-22(14-16-24)33(41)37-18-17-21-7-2-4-11-28(21)36/h2-16,19,30,32,38H,17-18,20H2,1H3,(H,37,41)/t30-,32+/m0/s1. The Morgan fingerprint density at radius 3 is 2.55 bits per heavy atom. The molecular weight excluding hydrogens is 559 g/mol. The molecule has 2 aliphatic rings. The average molecular weight is 589 g/mol. The number of fused-ring (bicyclic) bond motifs is 4. The molecule has 44 heavy (non-hydrogen) atoms. The van der Waals surface area contributed by atoms with Gasteiger partial charge in [-0.2, -0.15) is 0 Å². The van der Waals surface area contributed by atoms with Crippen LogP contribution in [0.4, 0.5) is 14.9 Å². The largest absolute Gasteiger partial charge is 0.497 e. The van der Waals surface area contributed by atoms with E-state index in [0.717, 1.165) is 27.7 Å². The maximum atomic E-state index is 14.1. The first-order chi connectivity index (χ1) is 21.4. The second kappa shape index (κ2) is 11.0. The predicted octanol–water partition coefficient (Wildman–Crippen LogP) is 5.77. The number of para-hydroxylation sites is 1. The van der Waals surface area contributed by atoms with Crippen molar-refractivity contribution in [1.82, 2.24) is 15.2 Å². The summed E-state index contributed by atoms with van der Waals surface area (Å²) in [6, 6.07) is 26.7. The molecule has 0 radical (unpaired) electrons. The highest BCUT2D eigenvalue weighted by Gasteiger charge is 2.53. The van der Waals surface area contributed by atoms with E-state index in [1.807, 2.05) is 48.5 Å². The number of methoxy groups -OCH3 is 1. The summed E-state index contributed by atoms with van der Waals surface area (Å²) in [5.41, 5.74) is 4.95. The molecule has 9 heteroatoms. The van der Waals surface area contributed by atoms with Crippen molar-refractivity contribution in [2.75, 3.05) is 18.6 Å². The summed E-state index contributed by atoms with van der Waals surface area (Å²) < 4.78 is 19.4. The number of carbonyl (C=O) groups excluding carboxylic acids is 3. The smallest absolute Gasteiger partial charge is 0.332 e. The van der Waals surface area contributed by atoms with Crippen molar-refractivity contribution in [3.05, 3.63) is 131 Å². The maximum Gasteiger partial charge on any atom is 0.332 e. The zero-order chi connectivity index (χ0) is 30.4. The Balaban J connectivity index is 1.16. The van der Waals surface area contributed by atoms with Crippen molar-refractivity contribution in [3.63, 3.8) is 0 Å². The van der Waals surface area contributed by atoms with Gasteiger partial charge in [-0.25, -0.2) is 14.1 Å². The van der Waals surface area contributed by atoms with Gasteiger partial charge in [-0.1, -0.05) is 48.5 Å². The summed E-state index contributed by atoms with van der Waals surface area (Å²) in [5.74, 6) is -0.301. The number of hydrogen-bond acceptors (Lipinski definition) is 4. The first-order valence-corrected chi connectivity index (χ1v) is 14.5. The molecule has 0 aliphatic carbocycles. The number of nitrogens with zero attached hydrogens (tertiary/aromatic N) is 2. The van der Waals surface area contributed by atoms with Crippen LogP contribution in [-0.4, -0.2) is 47.4 Å². The Kier molecular flexibility index (Phi) is 6.85. The fraction of sp³-hybridized carbons (Fsp3) is 0.171. The molecule has 2 N–H and O–H groups in total. The summed E-state index contributed by atoms with van der Waals surface area (Å²) in [4.78, 5) is 47.2. The number of benzene rings is 4. The van der Waals surface area contributed by atoms with Gasteiger partial charge in [0, 0.05) is 35.1 Å². The molecule has 3 heterocycles. The number of halogens is 1. The number of imide groups is 1. The summed E-state index contributed by atoms with van der Waals surface area (Å²) in [7, 11) is 1.59. The summed E-state index contributed by atoms with van der Waals surface area (Å²) in [6.07, 6.45) is 0.736. The number of nitrogens with one attached hydrogen (secondary N) is 2. The van der Waals surface area contributed by atoms with Crippen LogP contribution in [0.5, 0.6) is 5.75 Å². The first kappa shape index (κ1) is 27.4. The van der Waals surface area contributed by atoms with Gasteiger partial charge in [-0.3, -0.25) is 14.5 Å². The van der Waals surface area contributed by atoms with Gasteiger partial charge in [0.25, 0.3) is 11.8 Å². The lowest BCUT2D eigenvalue weighted by atomic mass is 9.89. The predicted molar refractivity (Wildman–Crippen MR) is 164 cm³/mol. The molecule has 0 spiro atoms. The van der Waals surface area contributed by atoms with Crippen molar-refractivity contribution in [3.8, 4) is 5.75 Å². The summed E-state index contributed by atoms with van der Waals surface area (Å²) in [5, 5.41) is 3.83. The van der Waals surface area contributed by atoms with Crippen LogP contribution in [0.1, 0.15) is 38.8 Å². The lowest BCUT2D eigenvalue weighted by Crippen LogP contribution is -2.44. The Morgan fingerprint density at radius 2 is 1.75 bits per heavy atom. The molecule has 1 saturated heterocycles. The van der Waals surface area contributed by atoms with Gasteiger partial charge in [0.15, 0.2) is 0 Å². The van der Waals surface area contributed by atoms with E-state index in [-0.39, 0.29) is 24.2 Å². The minimum Gasteiger partial charge on any atom is -0.497 e. The van der Waals surface area contributed by atoms with Crippen molar-refractivity contribution < 1.29 is 23.5 Å². The van der Waals surface area contributed by atoms with Crippen LogP contribution >= 0.6 is 0 Å². The molecule has 8 nitrogen and oxygen atoms in total. The molecule has 4 aromatic carbocycles. The molecule has 5 aromatic rings. The molecule has 2 aliphatic heterocycles. The highest BCUT2D eigenvalue weighted by Crippen LogP contribution is 2.45. The zero-order valence-corrected chi connectivity index (χ0v) is 23.9. The maximum absolute atomic E-state index is 14.1. The van der Waals surface area contributed by atoms with Crippen LogP contribution < -0.4 is 15.0 Å². The van der Waals surface area contributed by atoms with Gasteiger partial charge in [-0.15, -0.1) is 0 Å². The van der Waals surface area contributed by atoms with E-state index in [9.17, 15) is 18.8 Å². The normalized spacial score (nSPS) is 17.5. The quantitative estimate of drug-likeness (QED) is 0.236. The molecule has 220 valence electrons. The first-order valence-electron chi connectivity index (χ1n) is 14.5. The average Bonchev–Trinajstić information content (AvgIpc) is 3.54. The Morgan fingerprint density at radius 1 is 0.977 bits per heavy atom. The lowest BCUT2D eigenvalue weighted by molar-refractivity contribution is -0.120. The van der Waals surface area contributed by atoms with Gasteiger partial charge < -0.3 is 15.0 Å².